The van der Waals surface area contributed by atoms with Gasteiger partial charge in [-0.2, -0.15) is 5.10 Å². The van der Waals surface area contributed by atoms with Gasteiger partial charge in [-0.1, -0.05) is 17.4 Å². The summed E-state index contributed by atoms with van der Waals surface area (Å²) in [6.07, 6.45) is 1.51. The van der Waals surface area contributed by atoms with Crippen LogP contribution in [0.2, 0.25) is 0 Å². The number of fused-ring (bicyclic) bond motifs is 1. The van der Waals surface area contributed by atoms with Gasteiger partial charge in [0.25, 0.3) is 0 Å². The van der Waals surface area contributed by atoms with Gasteiger partial charge in [0.2, 0.25) is 4.80 Å². The lowest BCUT2D eigenvalue weighted by molar-refractivity contribution is 0.341. The Labute approximate surface area is 149 Å². The van der Waals surface area contributed by atoms with E-state index in [9.17, 15) is 5.11 Å². The van der Waals surface area contributed by atoms with E-state index in [2.05, 4.69) is 10.2 Å². The molecular formula is C18H19N3O3S. The largest absolute Gasteiger partial charge is 0.504 e. The second-order valence-electron chi connectivity index (χ2n) is 5.25. The fourth-order valence-electron chi connectivity index (χ4n) is 2.42. The van der Waals surface area contributed by atoms with Gasteiger partial charge >= 0.3 is 0 Å². The van der Waals surface area contributed by atoms with E-state index in [4.69, 9.17) is 9.47 Å². The van der Waals surface area contributed by atoms with Gasteiger partial charge in [-0.05, 0) is 37.3 Å². The summed E-state index contributed by atoms with van der Waals surface area (Å²) in [5, 5.41) is 18.4. The molecule has 0 aliphatic rings. The lowest BCUT2D eigenvalue weighted by Crippen LogP contribution is -2.08. The summed E-state index contributed by atoms with van der Waals surface area (Å²) in [5.74, 6) is 1.29. The van der Waals surface area contributed by atoms with Crippen molar-refractivity contribution in [1.29, 1.82) is 0 Å². The summed E-state index contributed by atoms with van der Waals surface area (Å²) in [4.78, 5) is 0.752. The number of aromatic nitrogens is 1. The summed E-state index contributed by atoms with van der Waals surface area (Å²) in [7, 11) is 3.45. The number of thiazole rings is 1. The molecule has 3 aromatic rings. The topological polar surface area (TPSA) is 68.3 Å². The van der Waals surface area contributed by atoms with E-state index < -0.39 is 0 Å². The Morgan fingerprint density at radius 1 is 1.28 bits per heavy atom. The molecule has 0 radical (unpaired) electrons. The number of benzene rings is 2. The van der Waals surface area contributed by atoms with E-state index >= 15 is 0 Å². The van der Waals surface area contributed by atoms with Crippen LogP contribution in [0.4, 0.5) is 0 Å². The Bertz CT molecular complexity index is 989. The maximum absolute atomic E-state index is 10.1. The van der Waals surface area contributed by atoms with Gasteiger partial charge in [-0.15, -0.1) is 5.10 Å². The molecule has 1 N–H and O–H groups in total. The minimum absolute atomic E-state index is 0.0472. The number of phenols is 1. The molecule has 0 saturated heterocycles. The second-order valence-corrected chi connectivity index (χ2v) is 6.26. The van der Waals surface area contributed by atoms with Gasteiger partial charge in [0.05, 0.1) is 30.1 Å². The standard InChI is InChI=1S/C18H19N3O3S/c1-4-24-13-8-9-14-16(10-13)25-18(21(14)2)20-19-11-12-6-5-7-15(23-3)17(12)22/h5-11,22H,4H2,1-3H3/b19-11+,20-18+. The molecule has 0 aliphatic heterocycles. The molecule has 0 aliphatic carbocycles. The maximum atomic E-state index is 10.1. The molecule has 2 aromatic carbocycles. The number of para-hydroxylation sites is 1. The van der Waals surface area contributed by atoms with Crippen LogP contribution in [0.5, 0.6) is 17.2 Å². The average molecular weight is 357 g/mol. The lowest BCUT2D eigenvalue weighted by atomic mass is 10.2. The Morgan fingerprint density at radius 3 is 2.88 bits per heavy atom. The van der Waals surface area contributed by atoms with Gasteiger partial charge in [0.1, 0.15) is 5.75 Å². The predicted octanol–water partition coefficient (Wildman–Crippen LogP) is 3.29. The molecule has 3 rings (SSSR count). The van der Waals surface area contributed by atoms with Gasteiger partial charge < -0.3 is 19.1 Å². The predicted molar refractivity (Wildman–Crippen MR) is 99.8 cm³/mol. The molecule has 0 amide bonds. The molecule has 1 heterocycles. The quantitative estimate of drug-likeness (QED) is 0.563. The van der Waals surface area contributed by atoms with Crippen molar-refractivity contribution in [3.05, 3.63) is 46.8 Å². The van der Waals surface area contributed by atoms with E-state index in [1.165, 1.54) is 24.7 Å². The number of nitrogens with zero attached hydrogens (tertiary/aromatic N) is 3. The van der Waals surface area contributed by atoms with Crippen LogP contribution in [-0.2, 0) is 7.05 Å². The Balaban J connectivity index is 1.95. The van der Waals surface area contributed by atoms with Crippen molar-refractivity contribution in [2.45, 2.75) is 6.92 Å². The molecule has 1 aromatic heterocycles. The molecule has 25 heavy (non-hydrogen) atoms. The molecule has 0 unspecified atom stereocenters. The average Bonchev–Trinajstić information content (AvgIpc) is 2.92. The highest BCUT2D eigenvalue weighted by Crippen LogP contribution is 2.28. The van der Waals surface area contributed by atoms with Crippen LogP contribution >= 0.6 is 11.3 Å². The molecule has 0 bridgehead atoms. The first-order chi connectivity index (χ1) is 12.1. The second kappa shape index (κ2) is 7.40. The van der Waals surface area contributed by atoms with Crippen LogP contribution in [0.3, 0.4) is 0 Å². The van der Waals surface area contributed by atoms with Gasteiger partial charge in [0, 0.05) is 12.6 Å². The van der Waals surface area contributed by atoms with E-state index in [1.807, 2.05) is 36.7 Å². The highest BCUT2D eigenvalue weighted by Gasteiger charge is 2.06. The Hall–Kier alpha value is -2.80. The first-order valence-corrected chi connectivity index (χ1v) is 8.61. The molecule has 0 fully saturated rings. The first-order valence-electron chi connectivity index (χ1n) is 7.79. The third-order valence-electron chi connectivity index (χ3n) is 3.68. The van der Waals surface area contributed by atoms with Crippen LogP contribution in [0.15, 0.2) is 46.6 Å². The van der Waals surface area contributed by atoms with Crippen molar-refractivity contribution in [3.63, 3.8) is 0 Å². The number of methoxy groups -OCH3 is 1. The number of hydrogen-bond donors (Lipinski definition) is 1. The van der Waals surface area contributed by atoms with Crippen molar-refractivity contribution >= 4 is 27.8 Å². The zero-order valence-corrected chi connectivity index (χ0v) is 15.1. The van der Waals surface area contributed by atoms with Crippen molar-refractivity contribution in [3.8, 4) is 17.2 Å². The van der Waals surface area contributed by atoms with E-state index in [-0.39, 0.29) is 5.75 Å². The number of phenolic OH excluding ortho intramolecular Hbond substituents is 1. The zero-order chi connectivity index (χ0) is 17.8. The summed E-state index contributed by atoms with van der Waals surface area (Å²) >= 11 is 1.53. The minimum atomic E-state index is 0.0472. The summed E-state index contributed by atoms with van der Waals surface area (Å²) < 4.78 is 13.7. The minimum Gasteiger partial charge on any atom is -0.504 e. The Morgan fingerprint density at radius 2 is 2.12 bits per heavy atom. The van der Waals surface area contributed by atoms with Crippen molar-refractivity contribution < 1.29 is 14.6 Å². The van der Waals surface area contributed by atoms with Crippen molar-refractivity contribution in [2.24, 2.45) is 17.3 Å². The molecular weight excluding hydrogens is 338 g/mol. The molecule has 0 saturated carbocycles. The third kappa shape index (κ3) is 3.51. The number of aryl methyl sites for hydroxylation is 1. The molecule has 6 nitrogen and oxygen atoms in total. The molecule has 130 valence electrons. The van der Waals surface area contributed by atoms with Crippen LogP contribution in [-0.4, -0.2) is 29.6 Å². The van der Waals surface area contributed by atoms with E-state index in [1.54, 1.807) is 18.2 Å². The number of hydrogen-bond acceptors (Lipinski definition) is 6. The van der Waals surface area contributed by atoms with E-state index in [0.29, 0.717) is 17.9 Å². The van der Waals surface area contributed by atoms with Crippen molar-refractivity contribution in [1.82, 2.24) is 4.57 Å². The van der Waals surface area contributed by atoms with Gasteiger partial charge in [-0.25, -0.2) is 0 Å². The highest BCUT2D eigenvalue weighted by molar-refractivity contribution is 7.16. The number of aromatic hydroxyl groups is 1. The fourth-order valence-corrected chi connectivity index (χ4v) is 3.42. The number of rotatable bonds is 5. The number of ether oxygens (including phenoxy) is 2. The van der Waals surface area contributed by atoms with Crippen LogP contribution < -0.4 is 14.3 Å². The first kappa shape index (κ1) is 17.0. The van der Waals surface area contributed by atoms with E-state index in [0.717, 1.165) is 20.8 Å². The van der Waals surface area contributed by atoms with Crippen LogP contribution in [0.25, 0.3) is 10.2 Å². The summed E-state index contributed by atoms with van der Waals surface area (Å²) in [6.45, 7) is 2.59. The zero-order valence-electron chi connectivity index (χ0n) is 14.3. The fraction of sp³-hybridized carbons (Fsp3) is 0.222. The van der Waals surface area contributed by atoms with Gasteiger partial charge in [-0.3, -0.25) is 0 Å². The smallest absolute Gasteiger partial charge is 0.211 e. The Kier molecular flexibility index (Phi) is 5.04. The molecule has 0 spiro atoms. The SMILES string of the molecule is CCOc1ccc2c(c1)s/c(=N/N=C/c1cccc(OC)c1O)n2C. The van der Waals surface area contributed by atoms with Gasteiger partial charge in [0.15, 0.2) is 11.5 Å². The van der Waals surface area contributed by atoms with Crippen LogP contribution in [0.1, 0.15) is 12.5 Å². The molecule has 0 atom stereocenters. The molecule has 7 heteroatoms. The summed E-state index contributed by atoms with van der Waals surface area (Å²) in [5.41, 5.74) is 1.61. The monoisotopic (exact) mass is 357 g/mol. The van der Waals surface area contributed by atoms with Crippen LogP contribution in [0, 0.1) is 0 Å². The summed E-state index contributed by atoms with van der Waals surface area (Å²) in [6, 6.07) is 11.2. The maximum Gasteiger partial charge on any atom is 0.211 e. The normalized spacial score (nSPS) is 12.2. The highest BCUT2D eigenvalue weighted by atomic mass is 32.1. The lowest BCUT2D eigenvalue weighted by Gasteiger charge is -2.04. The third-order valence-corrected chi connectivity index (χ3v) is 4.77. The van der Waals surface area contributed by atoms with Crippen molar-refractivity contribution in [2.75, 3.05) is 13.7 Å².